The number of anilines is 2. The second kappa shape index (κ2) is 13.4. The molecule has 0 aliphatic heterocycles. The SMILES string of the molecule is COc1ccc(C(Cc2ccc(NC(=O)c3c(F)c(F)c(F)c(F)c3F)cc2)C(=O)O)cc1N(CC(C)C)C(=O)C(C)(C)C. The molecule has 0 aliphatic carbocycles. The largest absolute Gasteiger partial charge is 0.495 e. The first-order valence-corrected chi connectivity index (χ1v) is 13.6. The van der Waals surface area contributed by atoms with Gasteiger partial charge in [-0.25, -0.2) is 22.0 Å². The van der Waals surface area contributed by atoms with Crippen molar-refractivity contribution < 1.29 is 46.2 Å². The van der Waals surface area contributed by atoms with E-state index in [0.717, 1.165) is 0 Å². The highest BCUT2D eigenvalue weighted by molar-refractivity contribution is 6.04. The van der Waals surface area contributed by atoms with E-state index in [0.29, 0.717) is 29.1 Å². The van der Waals surface area contributed by atoms with Crippen LogP contribution in [0.1, 0.15) is 62.0 Å². The Morgan fingerprint density at radius 2 is 1.43 bits per heavy atom. The molecule has 44 heavy (non-hydrogen) atoms. The third kappa shape index (κ3) is 7.35. The van der Waals surface area contributed by atoms with Gasteiger partial charge in [0.1, 0.15) is 11.3 Å². The van der Waals surface area contributed by atoms with E-state index in [2.05, 4.69) is 5.32 Å². The lowest BCUT2D eigenvalue weighted by Gasteiger charge is -2.32. The Balaban J connectivity index is 1.91. The number of benzene rings is 3. The van der Waals surface area contributed by atoms with Crippen molar-refractivity contribution in [1.82, 2.24) is 0 Å². The van der Waals surface area contributed by atoms with Gasteiger partial charge in [-0.2, -0.15) is 0 Å². The van der Waals surface area contributed by atoms with E-state index in [1.54, 1.807) is 43.9 Å². The standard InChI is InChI=1S/C32H33F5N2O5/c1-16(2)15-39(31(43)32(3,4)5)21-14-18(9-12-22(21)44-6)20(30(41)42)13-17-7-10-19(11-8-17)38-29(40)23-24(33)26(35)28(37)27(36)25(23)34/h7-12,14,16,20H,13,15H2,1-6H3,(H,38,40)(H,41,42). The highest BCUT2D eigenvalue weighted by Crippen LogP contribution is 2.36. The fraction of sp³-hybridized carbons (Fsp3) is 0.344. The Kier molecular flexibility index (Phi) is 10.4. The molecule has 0 radical (unpaired) electrons. The lowest BCUT2D eigenvalue weighted by Crippen LogP contribution is -2.42. The number of methoxy groups -OCH3 is 1. The molecule has 3 aromatic rings. The second-order valence-corrected chi connectivity index (χ2v) is 11.7. The molecular formula is C32H33F5N2O5. The zero-order chi connectivity index (χ0) is 33.1. The van der Waals surface area contributed by atoms with Crippen LogP contribution in [0, 0.1) is 40.4 Å². The first-order chi connectivity index (χ1) is 20.5. The van der Waals surface area contributed by atoms with Crippen LogP contribution < -0.4 is 15.0 Å². The fourth-order valence-electron chi connectivity index (χ4n) is 4.50. The smallest absolute Gasteiger partial charge is 0.311 e. The number of carboxylic acid groups (broad SMARTS) is 1. The highest BCUT2D eigenvalue weighted by atomic mass is 19.2. The summed E-state index contributed by atoms with van der Waals surface area (Å²) < 4.78 is 73.9. The molecule has 236 valence electrons. The van der Waals surface area contributed by atoms with Crippen molar-refractivity contribution in [2.24, 2.45) is 11.3 Å². The van der Waals surface area contributed by atoms with Crippen LogP contribution in [-0.4, -0.2) is 36.5 Å². The number of nitrogens with one attached hydrogen (secondary N) is 1. The summed E-state index contributed by atoms with van der Waals surface area (Å²) in [6, 6.07) is 10.3. The number of carboxylic acids is 1. The van der Waals surface area contributed by atoms with E-state index in [1.807, 2.05) is 13.8 Å². The number of hydrogen-bond donors (Lipinski definition) is 2. The highest BCUT2D eigenvalue weighted by Gasteiger charge is 2.32. The van der Waals surface area contributed by atoms with Crippen molar-refractivity contribution in [1.29, 1.82) is 0 Å². The zero-order valence-corrected chi connectivity index (χ0v) is 25.0. The molecular weight excluding hydrogens is 587 g/mol. The summed E-state index contributed by atoms with van der Waals surface area (Å²) in [6.07, 6.45) is -0.0234. The molecule has 3 rings (SSSR count). The van der Waals surface area contributed by atoms with Crippen LogP contribution in [0.2, 0.25) is 0 Å². The summed E-state index contributed by atoms with van der Waals surface area (Å²) in [5, 5.41) is 12.2. The minimum Gasteiger partial charge on any atom is -0.495 e. The molecule has 0 saturated carbocycles. The van der Waals surface area contributed by atoms with Gasteiger partial charge in [0, 0.05) is 17.6 Å². The quantitative estimate of drug-likeness (QED) is 0.143. The lowest BCUT2D eigenvalue weighted by molar-refractivity contribution is -0.138. The number of amides is 2. The van der Waals surface area contributed by atoms with Crippen LogP contribution in [0.4, 0.5) is 33.3 Å². The number of rotatable bonds is 10. The van der Waals surface area contributed by atoms with Gasteiger partial charge in [-0.05, 0) is 47.7 Å². The van der Waals surface area contributed by atoms with Gasteiger partial charge in [0.2, 0.25) is 11.7 Å². The predicted octanol–water partition coefficient (Wildman–Crippen LogP) is 7.09. The molecule has 0 heterocycles. The molecule has 12 heteroatoms. The topological polar surface area (TPSA) is 95.9 Å². The Labute approximate surface area is 251 Å². The molecule has 3 aromatic carbocycles. The number of carbonyl (C=O) groups excluding carboxylic acids is 2. The van der Waals surface area contributed by atoms with Gasteiger partial charge in [0.25, 0.3) is 5.91 Å². The van der Waals surface area contributed by atoms with Crippen molar-refractivity contribution >= 4 is 29.2 Å². The summed E-state index contributed by atoms with van der Waals surface area (Å²) >= 11 is 0. The van der Waals surface area contributed by atoms with Crippen LogP contribution in [0.15, 0.2) is 42.5 Å². The maximum absolute atomic E-state index is 14.0. The van der Waals surface area contributed by atoms with E-state index in [-0.39, 0.29) is 23.9 Å². The van der Waals surface area contributed by atoms with Gasteiger partial charge in [0.15, 0.2) is 23.3 Å². The minimum absolute atomic E-state index is 0.0234. The van der Waals surface area contributed by atoms with Gasteiger partial charge in [-0.1, -0.05) is 52.8 Å². The van der Waals surface area contributed by atoms with Gasteiger partial charge in [-0.15, -0.1) is 0 Å². The summed E-state index contributed by atoms with van der Waals surface area (Å²) in [5.74, 6) is -14.9. The molecule has 1 atom stereocenters. The minimum atomic E-state index is -2.38. The van der Waals surface area contributed by atoms with Gasteiger partial charge >= 0.3 is 5.97 Å². The average Bonchev–Trinajstić information content (AvgIpc) is 2.96. The molecule has 0 aromatic heterocycles. The Hall–Kier alpha value is -4.48. The van der Waals surface area contributed by atoms with E-state index in [9.17, 15) is 41.4 Å². The number of carbonyl (C=O) groups is 3. The fourth-order valence-corrected chi connectivity index (χ4v) is 4.50. The summed E-state index contributed by atoms with van der Waals surface area (Å²) in [4.78, 5) is 39.7. The molecule has 0 spiro atoms. The Morgan fingerprint density at radius 1 is 0.886 bits per heavy atom. The molecule has 2 N–H and O–H groups in total. The van der Waals surface area contributed by atoms with Crippen LogP contribution in [0.5, 0.6) is 5.75 Å². The zero-order valence-electron chi connectivity index (χ0n) is 25.0. The molecule has 7 nitrogen and oxygen atoms in total. The lowest BCUT2D eigenvalue weighted by atomic mass is 9.90. The Morgan fingerprint density at radius 3 is 1.91 bits per heavy atom. The maximum Gasteiger partial charge on any atom is 0.311 e. The molecule has 0 saturated heterocycles. The average molecular weight is 621 g/mol. The summed E-state index contributed by atoms with van der Waals surface area (Å²) in [6.45, 7) is 9.63. The molecule has 0 fully saturated rings. The molecule has 0 aliphatic rings. The molecule has 0 bridgehead atoms. The first kappa shape index (κ1) is 34.0. The van der Waals surface area contributed by atoms with Crippen molar-refractivity contribution in [3.8, 4) is 5.75 Å². The van der Waals surface area contributed by atoms with Gasteiger partial charge in [0.05, 0.1) is 18.7 Å². The normalized spacial score (nSPS) is 12.2. The van der Waals surface area contributed by atoms with E-state index < -0.39 is 57.9 Å². The van der Waals surface area contributed by atoms with Gasteiger partial charge in [-0.3, -0.25) is 14.4 Å². The van der Waals surface area contributed by atoms with Crippen molar-refractivity contribution in [2.45, 2.75) is 47.0 Å². The number of aliphatic carboxylic acids is 1. The van der Waals surface area contributed by atoms with E-state index in [4.69, 9.17) is 4.74 Å². The molecule has 2 amide bonds. The third-order valence-electron chi connectivity index (χ3n) is 6.72. The Bertz CT molecular complexity index is 1540. The molecule has 1 unspecified atom stereocenters. The number of ether oxygens (including phenoxy) is 1. The van der Waals surface area contributed by atoms with Crippen LogP contribution in [0.3, 0.4) is 0 Å². The van der Waals surface area contributed by atoms with Crippen molar-refractivity contribution in [3.63, 3.8) is 0 Å². The van der Waals surface area contributed by atoms with Crippen LogP contribution in [0.25, 0.3) is 0 Å². The first-order valence-electron chi connectivity index (χ1n) is 13.6. The number of halogens is 5. The summed E-state index contributed by atoms with van der Waals surface area (Å²) in [7, 11) is 1.45. The van der Waals surface area contributed by atoms with E-state index in [1.165, 1.54) is 31.4 Å². The number of hydrogen-bond acceptors (Lipinski definition) is 4. The third-order valence-corrected chi connectivity index (χ3v) is 6.72. The second-order valence-electron chi connectivity index (χ2n) is 11.7. The monoisotopic (exact) mass is 620 g/mol. The maximum atomic E-state index is 14.0. The van der Waals surface area contributed by atoms with Gasteiger partial charge < -0.3 is 20.1 Å². The van der Waals surface area contributed by atoms with Crippen molar-refractivity contribution in [2.75, 3.05) is 23.9 Å². The van der Waals surface area contributed by atoms with E-state index >= 15 is 0 Å². The predicted molar refractivity (Wildman–Crippen MR) is 154 cm³/mol. The van der Waals surface area contributed by atoms with Crippen LogP contribution >= 0.6 is 0 Å². The van der Waals surface area contributed by atoms with Crippen molar-refractivity contribution in [3.05, 3.63) is 88.2 Å². The summed E-state index contributed by atoms with van der Waals surface area (Å²) in [5.41, 5.74) is -1.08. The number of nitrogens with zero attached hydrogens (tertiary/aromatic N) is 1. The van der Waals surface area contributed by atoms with Crippen LogP contribution in [-0.2, 0) is 16.0 Å².